The van der Waals surface area contributed by atoms with Gasteiger partial charge in [-0.15, -0.1) is 0 Å². The van der Waals surface area contributed by atoms with Crippen molar-refractivity contribution in [1.29, 1.82) is 0 Å². The van der Waals surface area contributed by atoms with Gasteiger partial charge in [-0.1, -0.05) is 0 Å². The maximum absolute atomic E-state index is 11.5. The SMILES string of the molecule is COC1=C(C=O)[C@H]2OC(C)(C)O[C@H]2[C@]12COC(C)(C)O2. The molecule has 1 aliphatic carbocycles. The van der Waals surface area contributed by atoms with Gasteiger partial charge in [0.2, 0.25) is 0 Å². The number of hydrogen-bond acceptors (Lipinski definition) is 6. The van der Waals surface area contributed by atoms with Gasteiger partial charge in [0.05, 0.1) is 19.3 Å². The highest BCUT2D eigenvalue weighted by atomic mass is 16.8. The average molecular weight is 284 g/mol. The normalized spacial score (nSPS) is 41.2. The average Bonchev–Trinajstić information content (AvgIpc) is 2.90. The molecule has 0 amide bonds. The highest BCUT2D eigenvalue weighted by Crippen LogP contribution is 2.52. The summed E-state index contributed by atoms with van der Waals surface area (Å²) in [5.74, 6) is -1.09. The van der Waals surface area contributed by atoms with E-state index in [1.807, 2.05) is 27.7 Å². The van der Waals surface area contributed by atoms with E-state index in [0.29, 0.717) is 11.3 Å². The zero-order chi connectivity index (χ0) is 14.8. The zero-order valence-corrected chi connectivity index (χ0v) is 12.4. The third-order valence-corrected chi connectivity index (χ3v) is 3.90. The van der Waals surface area contributed by atoms with E-state index >= 15 is 0 Å². The minimum Gasteiger partial charge on any atom is -0.497 e. The van der Waals surface area contributed by atoms with E-state index in [1.54, 1.807) is 0 Å². The third kappa shape index (κ3) is 1.75. The minimum atomic E-state index is -0.924. The van der Waals surface area contributed by atoms with Gasteiger partial charge in [-0.2, -0.15) is 0 Å². The number of methoxy groups -OCH3 is 1. The number of carbonyl (C=O) groups excluding carboxylic acids is 1. The summed E-state index contributed by atoms with van der Waals surface area (Å²) >= 11 is 0. The van der Waals surface area contributed by atoms with Crippen LogP contribution in [0.2, 0.25) is 0 Å². The van der Waals surface area contributed by atoms with Gasteiger partial charge in [0.1, 0.15) is 18.0 Å². The largest absolute Gasteiger partial charge is 0.497 e. The highest BCUT2D eigenvalue weighted by molar-refractivity contribution is 5.78. The van der Waals surface area contributed by atoms with Gasteiger partial charge in [-0.25, -0.2) is 0 Å². The van der Waals surface area contributed by atoms with Crippen LogP contribution in [0, 0.1) is 0 Å². The maximum atomic E-state index is 11.5. The quantitative estimate of drug-likeness (QED) is 0.709. The maximum Gasteiger partial charge on any atom is 0.181 e. The number of aldehydes is 1. The first-order chi connectivity index (χ1) is 9.25. The van der Waals surface area contributed by atoms with Crippen LogP contribution in [0.4, 0.5) is 0 Å². The van der Waals surface area contributed by atoms with Gasteiger partial charge in [0.15, 0.2) is 23.5 Å². The molecule has 2 fully saturated rings. The molecule has 2 heterocycles. The number of carbonyl (C=O) groups is 1. The Kier molecular flexibility index (Phi) is 2.83. The van der Waals surface area contributed by atoms with Crippen molar-refractivity contribution in [2.45, 2.75) is 57.1 Å². The molecule has 0 unspecified atom stereocenters. The van der Waals surface area contributed by atoms with E-state index in [-0.39, 0.29) is 6.61 Å². The van der Waals surface area contributed by atoms with Crippen LogP contribution in [-0.2, 0) is 28.5 Å². The van der Waals surface area contributed by atoms with Gasteiger partial charge in [-0.3, -0.25) is 4.79 Å². The molecule has 2 aliphatic heterocycles. The smallest absolute Gasteiger partial charge is 0.181 e. The summed E-state index contributed by atoms with van der Waals surface area (Å²) in [7, 11) is 1.52. The second kappa shape index (κ2) is 4.04. The molecule has 0 aromatic carbocycles. The van der Waals surface area contributed by atoms with Gasteiger partial charge >= 0.3 is 0 Å². The van der Waals surface area contributed by atoms with E-state index in [1.165, 1.54) is 7.11 Å². The lowest BCUT2D eigenvalue weighted by atomic mass is 9.99. The van der Waals surface area contributed by atoms with Gasteiger partial charge in [0, 0.05) is 0 Å². The first-order valence-corrected chi connectivity index (χ1v) is 6.68. The molecule has 3 atom stereocenters. The lowest BCUT2D eigenvalue weighted by Crippen LogP contribution is -2.48. The molecule has 6 heteroatoms. The molecule has 112 valence electrons. The van der Waals surface area contributed by atoms with E-state index in [9.17, 15) is 4.79 Å². The Bertz CT molecular complexity index is 480. The highest BCUT2D eigenvalue weighted by Gasteiger charge is 2.67. The van der Waals surface area contributed by atoms with Crippen molar-refractivity contribution in [2.24, 2.45) is 0 Å². The van der Waals surface area contributed by atoms with Crippen molar-refractivity contribution in [3.05, 3.63) is 11.3 Å². The summed E-state index contributed by atoms with van der Waals surface area (Å²) < 4.78 is 29.0. The Morgan fingerprint density at radius 1 is 1.20 bits per heavy atom. The monoisotopic (exact) mass is 284 g/mol. The van der Waals surface area contributed by atoms with Gasteiger partial charge in [0.25, 0.3) is 0 Å². The molecule has 0 aromatic rings. The molecule has 0 saturated carbocycles. The fourth-order valence-corrected chi connectivity index (χ4v) is 3.27. The molecule has 0 N–H and O–H groups in total. The molecule has 3 aliphatic rings. The summed E-state index contributed by atoms with van der Waals surface area (Å²) in [6, 6.07) is 0. The van der Waals surface area contributed by atoms with Crippen LogP contribution < -0.4 is 0 Å². The standard InChI is InChI=1S/C14H20O6/c1-12(2)17-7-14(20-12)10(16-5)8(6-15)9-11(14)19-13(3,4)18-9/h6,9,11H,7H2,1-5H3/t9-,11-,14+/m1/s1. The van der Waals surface area contributed by atoms with Crippen molar-refractivity contribution in [3.8, 4) is 0 Å². The van der Waals surface area contributed by atoms with E-state index in [0.717, 1.165) is 6.29 Å². The Balaban J connectivity index is 2.08. The fraction of sp³-hybridized carbons (Fsp3) is 0.786. The lowest BCUT2D eigenvalue weighted by molar-refractivity contribution is -0.202. The minimum absolute atomic E-state index is 0.265. The van der Waals surface area contributed by atoms with Crippen molar-refractivity contribution in [2.75, 3.05) is 13.7 Å². The number of fused-ring (bicyclic) bond motifs is 2. The summed E-state index contributed by atoms with van der Waals surface area (Å²) in [4.78, 5) is 11.5. The summed E-state index contributed by atoms with van der Waals surface area (Å²) in [5.41, 5.74) is -0.489. The topological polar surface area (TPSA) is 63.2 Å². The second-order valence-corrected chi connectivity index (χ2v) is 6.26. The molecule has 0 aromatic heterocycles. The van der Waals surface area contributed by atoms with Crippen LogP contribution in [0.15, 0.2) is 11.3 Å². The van der Waals surface area contributed by atoms with Crippen molar-refractivity contribution in [1.82, 2.24) is 0 Å². The van der Waals surface area contributed by atoms with Crippen molar-refractivity contribution in [3.63, 3.8) is 0 Å². The molecule has 2 saturated heterocycles. The number of ether oxygens (including phenoxy) is 5. The van der Waals surface area contributed by atoms with E-state index < -0.39 is 29.4 Å². The Morgan fingerprint density at radius 3 is 2.40 bits per heavy atom. The van der Waals surface area contributed by atoms with Crippen molar-refractivity contribution >= 4 is 6.29 Å². The molecular weight excluding hydrogens is 264 g/mol. The molecule has 0 radical (unpaired) electrons. The summed E-state index contributed by atoms with van der Waals surface area (Å²) in [6.45, 7) is 7.54. The van der Waals surface area contributed by atoms with Crippen LogP contribution in [0.1, 0.15) is 27.7 Å². The molecule has 6 nitrogen and oxygen atoms in total. The second-order valence-electron chi connectivity index (χ2n) is 6.26. The van der Waals surface area contributed by atoms with Gasteiger partial charge in [-0.05, 0) is 27.7 Å². The Hall–Kier alpha value is -0.950. The first-order valence-electron chi connectivity index (χ1n) is 6.68. The Morgan fingerprint density at radius 2 is 1.90 bits per heavy atom. The zero-order valence-electron chi connectivity index (χ0n) is 12.4. The van der Waals surface area contributed by atoms with Crippen LogP contribution in [0.5, 0.6) is 0 Å². The van der Waals surface area contributed by atoms with Crippen LogP contribution >= 0.6 is 0 Å². The predicted octanol–water partition coefficient (Wildman–Crippen LogP) is 1.14. The van der Waals surface area contributed by atoms with Crippen LogP contribution in [-0.4, -0.2) is 49.4 Å². The van der Waals surface area contributed by atoms with Crippen LogP contribution in [0.3, 0.4) is 0 Å². The molecule has 0 bridgehead atoms. The fourth-order valence-electron chi connectivity index (χ4n) is 3.27. The number of rotatable bonds is 2. The molecule has 20 heavy (non-hydrogen) atoms. The molecule has 3 rings (SSSR count). The molecular formula is C14H20O6. The predicted molar refractivity (Wildman–Crippen MR) is 67.8 cm³/mol. The summed E-state index contributed by atoms with van der Waals surface area (Å²) in [6.07, 6.45) is -0.186. The summed E-state index contributed by atoms with van der Waals surface area (Å²) in [5, 5.41) is 0. The number of hydrogen-bond donors (Lipinski definition) is 0. The van der Waals surface area contributed by atoms with Crippen molar-refractivity contribution < 1.29 is 28.5 Å². The Labute approximate surface area is 118 Å². The van der Waals surface area contributed by atoms with E-state index in [4.69, 9.17) is 23.7 Å². The lowest BCUT2D eigenvalue weighted by Gasteiger charge is -2.32. The third-order valence-electron chi connectivity index (χ3n) is 3.90. The van der Waals surface area contributed by atoms with E-state index in [2.05, 4.69) is 0 Å². The van der Waals surface area contributed by atoms with Crippen LogP contribution in [0.25, 0.3) is 0 Å². The van der Waals surface area contributed by atoms with Gasteiger partial charge < -0.3 is 23.7 Å². The molecule has 1 spiro atoms. The first kappa shape index (κ1) is 14.0.